The summed E-state index contributed by atoms with van der Waals surface area (Å²) in [7, 11) is 1.34. The number of aromatic nitrogens is 1. The maximum absolute atomic E-state index is 11.7. The molecule has 0 bridgehead atoms. The Morgan fingerprint density at radius 2 is 2.38 bits per heavy atom. The summed E-state index contributed by atoms with van der Waals surface area (Å²) in [6.45, 7) is 4.58. The molecule has 0 amide bonds. The molecule has 0 radical (unpaired) electrons. The lowest BCUT2D eigenvalue weighted by atomic mass is 10.1. The Labute approximate surface area is 125 Å². The van der Waals surface area contributed by atoms with Crippen LogP contribution < -0.4 is 10.6 Å². The Kier molecular flexibility index (Phi) is 5.38. The van der Waals surface area contributed by atoms with Crippen molar-refractivity contribution in [3.63, 3.8) is 0 Å². The van der Waals surface area contributed by atoms with E-state index in [-0.39, 0.29) is 6.10 Å². The molecule has 0 spiro atoms. The zero-order chi connectivity index (χ0) is 15.2. The third kappa shape index (κ3) is 3.85. The fourth-order valence-corrected chi connectivity index (χ4v) is 2.48. The molecule has 0 saturated carbocycles. The number of carbonyl (C=O) groups is 1. The van der Waals surface area contributed by atoms with E-state index in [1.807, 2.05) is 0 Å². The number of rotatable bonds is 5. The van der Waals surface area contributed by atoms with E-state index in [1.165, 1.54) is 13.3 Å². The molecule has 1 saturated heterocycles. The van der Waals surface area contributed by atoms with Gasteiger partial charge in [-0.25, -0.2) is 9.78 Å². The fraction of sp³-hybridized carbons (Fsp3) is 0.600. The summed E-state index contributed by atoms with van der Waals surface area (Å²) in [5, 5.41) is 0. The number of hydrogen-bond donors (Lipinski definition) is 1. The first kappa shape index (κ1) is 15.6. The lowest BCUT2D eigenvalue weighted by molar-refractivity contribution is 0.0439. The van der Waals surface area contributed by atoms with Crippen LogP contribution in [0.1, 0.15) is 36.5 Å². The van der Waals surface area contributed by atoms with Crippen LogP contribution in [0.2, 0.25) is 0 Å². The molecule has 0 aliphatic carbocycles. The van der Waals surface area contributed by atoms with Gasteiger partial charge in [0.05, 0.1) is 30.7 Å². The monoisotopic (exact) mass is 293 g/mol. The van der Waals surface area contributed by atoms with Gasteiger partial charge in [-0.1, -0.05) is 6.92 Å². The maximum atomic E-state index is 11.7. The van der Waals surface area contributed by atoms with Crippen molar-refractivity contribution in [2.75, 3.05) is 37.4 Å². The maximum Gasteiger partial charge on any atom is 0.340 e. The lowest BCUT2D eigenvalue weighted by Crippen LogP contribution is -2.40. The molecule has 1 atom stereocenters. The molecule has 6 nitrogen and oxygen atoms in total. The van der Waals surface area contributed by atoms with Gasteiger partial charge >= 0.3 is 5.97 Å². The molecule has 1 aliphatic heterocycles. The molecule has 0 aromatic carbocycles. The standard InChI is InChI=1S/C15H23N3O3/c1-3-7-21-11-5-4-6-18(10-11)14-8-12(15(19)20-2)13(16)9-17-14/h8-9,11H,3-7,10,16H2,1-2H3. The van der Waals surface area contributed by atoms with Crippen LogP contribution in [0.25, 0.3) is 0 Å². The van der Waals surface area contributed by atoms with Gasteiger partial charge in [-0.05, 0) is 25.3 Å². The Morgan fingerprint density at radius 3 is 3.10 bits per heavy atom. The summed E-state index contributed by atoms with van der Waals surface area (Å²) in [5.41, 5.74) is 6.48. The van der Waals surface area contributed by atoms with Crippen molar-refractivity contribution in [1.82, 2.24) is 4.98 Å². The van der Waals surface area contributed by atoms with Crippen molar-refractivity contribution in [3.8, 4) is 0 Å². The van der Waals surface area contributed by atoms with E-state index in [2.05, 4.69) is 16.8 Å². The molecule has 1 fully saturated rings. The van der Waals surface area contributed by atoms with E-state index in [9.17, 15) is 4.79 Å². The van der Waals surface area contributed by atoms with Gasteiger partial charge in [0, 0.05) is 19.7 Å². The predicted octanol–water partition coefficient (Wildman–Crippen LogP) is 1.85. The average Bonchev–Trinajstić information content (AvgIpc) is 2.53. The van der Waals surface area contributed by atoms with Gasteiger partial charge in [-0.3, -0.25) is 0 Å². The molecule has 116 valence electrons. The quantitative estimate of drug-likeness (QED) is 0.835. The van der Waals surface area contributed by atoms with Crippen LogP contribution in [0, 0.1) is 0 Å². The minimum Gasteiger partial charge on any atom is -0.465 e. The van der Waals surface area contributed by atoms with Crippen LogP contribution in [0.3, 0.4) is 0 Å². The number of esters is 1. The summed E-state index contributed by atoms with van der Waals surface area (Å²) in [4.78, 5) is 18.2. The van der Waals surface area contributed by atoms with Crippen molar-refractivity contribution >= 4 is 17.5 Å². The third-order valence-electron chi connectivity index (χ3n) is 3.59. The van der Waals surface area contributed by atoms with Crippen LogP contribution in [0.4, 0.5) is 11.5 Å². The van der Waals surface area contributed by atoms with Crippen LogP contribution >= 0.6 is 0 Å². The minimum absolute atomic E-state index is 0.222. The fourth-order valence-electron chi connectivity index (χ4n) is 2.48. The smallest absolute Gasteiger partial charge is 0.340 e. The second kappa shape index (κ2) is 7.26. The first-order valence-electron chi connectivity index (χ1n) is 7.36. The van der Waals surface area contributed by atoms with Crippen molar-refractivity contribution in [3.05, 3.63) is 17.8 Å². The molecule has 1 aromatic heterocycles. The average molecular weight is 293 g/mol. The number of anilines is 2. The van der Waals surface area contributed by atoms with Crippen LogP contribution in [0.5, 0.6) is 0 Å². The molecule has 2 rings (SSSR count). The number of hydrogen-bond acceptors (Lipinski definition) is 6. The summed E-state index contributed by atoms with van der Waals surface area (Å²) in [5.74, 6) is 0.307. The highest BCUT2D eigenvalue weighted by molar-refractivity contribution is 5.95. The third-order valence-corrected chi connectivity index (χ3v) is 3.59. The van der Waals surface area contributed by atoms with E-state index in [4.69, 9.17) is 15.2 Å². The van der Waals surface area contributed by atoms with Gasteiger partial charge in [0.25, 0.3) is 0 Å². The highest BCUT2D eigenvalue weighted by Gasteiger charge is 2.22. The van der Waals surface area contributed by atoms with Crippen molar-refractivity contribution in [2.45, 2.75) is 32.3 Å². The summed E-state index contributed by atoms with van der Waals surface area (Å²) >= 11 is 0. The molecular formula is C15H23N3O3. The second-order valence-corrected chi connectivity index (χ2v) is 5.20. The molecule has 1 aromatic rings. The van der Waals surface area contributed by atoms with Gasteiger partial charge in [0.1, 0.15) is 5.82 Å². The predicted molar refractivity (Wildman–Crippen MR) is 81.5 cm³/mol. The molecular weight excluding hydrogens is 270 g/mol. The van der Waals surface area contributed by atoms with Gasteiger partial charge in [0.2, 0.25) is 0 Å². The molecule has 2 N–H and O–H groups in total. The van der Waals surface area contributed by atoms with Crippen molar-refractivity contribution < 1.29 is 14.3 Å². The van der Waals surface area contributed by atoms with Gasteiger partial charge in [-0.2, -0.15) is 0 Å². The SMILES string of the molecule is CCCOC1CCCN(c2cc(C(=O)OC)c(N)cn2)C1. The van der Waals surface area contributed by atoms with Gasteiger partial charge in [-0.15, -0.1) is 0 Å². The summed E-state index contributed by atoms with van der Waals surface area (Å²) < 4.78 is 10.6. The topological polar surface area (TPSA) is 77.7 Å². The van der Waals surface area contributed by atoms with E-state index >= 15 is 0 Å². The van der Waals surface area contributed by atoms with E-state index in [0.29, 0.717) is 11.3 Å². The van der Waals surface area contributed by atoms with Crippen LogP contribution in [0.15, 0.2) is 12.3 Å². The number of nitrogens with two attached hydrogens (primary N) is 1. The first-order valence-corrected chi connectivity index (χ1v) is 7.36. The highest BCUT2D eigenvalue weighted by Crippen LogP contribution is 2.23. The molecule has 21 heavy (non-hydrogen) atoms. The largest absolute Gasteiger partial charge is 0.465 e. The first-order chi connectivity index (χ1) is 10.2. The molecule has 6 heteroatoms. The van der Waals surface area contributed by atoms with Gasteiger partial charge < -0.3 is 20.1 Å². The Balaban J connectivity index is 2.12. The van der Waals surface area contributed by atoms with Crippen molar-refractivity contribution in [2.24, 2.45) is 0 Å². The zero-order valence-electron chi connectivity index (χ0n) is 12.7. The number of ether oxygens (including phenoxy) is 2. The van der Waals surface area contributed by atoms with Crippen LogP contribution in [-0.4, -0.2) is 43.9 Å². The van der Waals surface area contributed by atoms with E-state index in [1.54, 1.807) is 6.07 Å². The van der Waals surface area contributed by atoms with E-state index in [0.717, 1.165) is 44.8 Å². The Hall–Kier alpha value is -1.82. The Morgan fingerprint density at radius 1 is 1.57 bits per heavy atom. The van der Waals surface area contributed by atoms with Gasteiger partial charge in [0.15, 0.2) is 0 Å². The van der Waals surface area contributed by atoms with Crippen molar-refractivity contribution in [1.29, 1.82) is 0 Å². The Bertz CT molecular complexity index is 493. The minimum atomic E-state index is -0.438. The number of piperidine rings is 1. The van der Waals surface area contributed by atoms with E-state index < -0.39 is 5.97 Å². The number of nitrogen functional groups attached to an aromatic ring is 1. The zero-order valence-corrected chi connectivity index (χ0v) is 12.7. The molecule has 1 unspecified atom stereocenters. The second-order valence-electron chi connectivity index (χ2n) is 5.20. The number of nitrogens with zero attached hydrogens (tertiary/aromatic N) is 2. The lowest BCUT2D eigenvalue weighted by Gasteiger charge is -2.33. The van der Waals surface area contributed by atoms with Crippen LogP contribution in [-0.2, 0) is 9.47 Å². The summed E-state index contributed by atoms with van der Waals surface area (Å²) in [6.07, 6.45) is 4.87. The molecule has 1 aliphatic rings. The number of methoxy groups -OCH3 is 1. The highest BCUT2D eigenvalue weighted by atomic mass is 16.5. The number of pyridine rings is 1. The normalized spacial score (nSPS) is 18.6. The summed E-state index contributed by atoms with van der Waals surface area (Å²) in [6, 6.07) is 1.70. The molecule has 2 heterocycles. The number of carbonyl (C=O) groups excluding carboxylic acids is 1.